The van der Waals surface area contributed by atoms with Crippen LogP contribution in [0.5, 0.6) is 0 Å². The Hall–Kier alpha value is -3.31. The molecule has 0 radical (unpaired) electrons. The number of sulfonamides is 1. The number of anilines is 1. The number of carbonyl (C=O) groups is 2. The van der Waals surface area contributed by atoms with E-state index in [-0.39, 0.29) is 22.0 Å². The number of aromatic nitrogens is 1. The fourth-order valence-corrected chi connectivity index (χ4v) is 7.00. The number of benzene rings is 3. The standard InChI is InChI=1S/C26H22ClN3O5S2/c1-16-6-9-21-22(12-16)36-26(28-21)29-24(31)15-35-25(32)18-7-8-20(27)23(13-18)37(33,34)30-11-10-17-4-2-3-5-19(17)14-30/h2-9,12-13H,10-11,14-15H2,1H3,(H,28,29,31). The van der Waals surface area contributed by atoms with E-state index in [9.17, 15) is 18.0 Å². The molecule has 37 heavy (non-hydrogen) atoms. The third-order valence-corrected chi connectivity index (χ3v) is 9.27. The summed E-state index contributed by atoms with van der Waals surface area (Å²) in [4.78, 5) is 29.1. The highest BCUT2D eigenvalue weighted by atomic mass is 35.5. The van der Waals surface area contributed by atoms with Gasteiger partial charge in [-0.15, -0.1) is 0 Å². The Kier molecular flexibility index (Phi) is 7.00. The Morgan fingerprint density at radius 2 is 1.89 bits per heavy atom. The molecule has 1 N–H and O–H groups in total. The fraction of sp³-hybridized carbons (Fsp3) is 0.192. The average molecular weight is 556 g/mol. The molecule has 2 heterocycles. The van der Waals surface area contributed by atoms with E-state index in [1.165, 1.54) is 33.8 Å². The summed E-state index contributed by atoms with van der Waals surface area (Å²) in [5.41, 5.74) is 3.85. The van der Waals surface area contributed by atoms with Crippen molar-refractivity contribution in [1.82, 2.24) is 9.29 Å². The van der Waals surface area contributed by atoms with E-state index < -0.39 is 28.5 Å². The van der Waals surface area contributed by atoms with E-state index in [1.54, 1.807) is 0 Å². The van der Waals surface area contributed by atoms with E-state index in [4.69, 9.17) is 16.3 Å². The van der Waals surface area contributed by atoms with Crippen molar-refractivity contribution in [2.45, 2.75) is 24.8 Å². The lowest BCUT2D eigenvalue weighted by Crippen LogP contribution is -2.36. The largest absolute Gasteiger partial charge is 0.452 e. The second-order valence-corrected chi connectivity index (χ2v) is 12.0. The third-order valence-electron chi connectivity index (χ3n) is 6.01. The van der Waals surface area contributed by atoms with Gasteiger partial charge in [0.2, 0.25) is 10.0 Å². The smallest absolute Gasteiger partial charge is 0.338 e. The molecule has 5 rings (SSSR count). The van der Waals surface area contributed by atoms with Gasteiger partial charge in [-0.3, -0.25) is 10.1 Å². The van der Waals surface area contributed by atoms with Crippen LogP contribution >= 0.6 is 22.9 Å². The minimum Gasteiger partial charge on any atom is -0.452 e. The van der Waals surface area contributed by atoms with Crippen molar-refractivity contribution < 1.29 is 22.7 Å². The second-order valence-electron chi connectivity index (χ2n) is 8.62. The highest BCUT2D eigenvalue weighted by molar-refractivity contribution is 7.89. The Bertz CT molecular complexity index is 1630. The van der Waals surface area contributed by atoms with Crippen molar-refractivity contribution in [1.29, 1.82) is 0 Å². The summed E-state index contributed by atoms with van der Waals surface area (Å²) in [7, 11) is -3.97. The van der Waals surface area contributed by atoms with Gasteiger partial charge >= 0.3 is 5.97 Å². The van der Waals surface area contributed by atoms with Crippen LogP contribution in [0.4, 0.5) is 5.13 Å². The molecule has 0 unspecified atom stereocenters. The van der Waals surface area contributed by atoms with E-state index in [1.807, 2.05) is 49.4 Å². The number of hydrogen-bond acceptors (Lipinski definition) is 7. The second kappa shape index (κ2) is 10.2. The third kappa shape index (κ3) is 5.37. The van der Waals surface area contributed by atoms with Gasteiger partial charge in [0.25, 0.3) is 5.91 Å². The number of hydrogen-bond donors (Lipinski definition) is 1. The van der Waals surface area contributed by atoms with Crippen molar-refractivity contribution in [3.63, 3.8) is 0 Å². The van der Waals surface area contributed by atoms with E-state index in [0.29, 0.717) is 18.1 Å². The van der Waals surface area contributed by atoms with Gasteiger partial charge in [0.05, 0.1) is 20.8 Å². The van der Waals surface area contributed by atoms with Gasteiger partial charge in [0.1, 0.15) is 4.90 Å². The van der Waals surface area contributed by atoms with Crippen molar-refractivity contribution in [3.05, 3.63) is 87.9 Å². The molecule has 1 aliphatic heterocycles. The van der Waals surface area contributed by atoms with Gasteiger partial charge in [0, 0.05) is 13.1 Å². The number of nitrogens with zero attached hydrogens (tertiary/aromatic N) is 2. The molecule has 8 nitrogen and oxygen atoms in total. The first-order valence-corrected chi connectivity index (χ1v) is 14.0. The van der Waals surface area contributed by atoms with Crippen LogP contribution in [0.3, 0.4) is 0 Å². The van der Waals surface area contributed by atoms with Gasteiger partial charge in [-0.25, -0.2) is 18.2 Å². The molecule has 3 aromatic carbocycles. The maximum absolute atomic E-state index is 13.4. The van der Waals surface area contributed by atoms with Gasteiger partial charge in [-0.2, -0.15) is 4.31 Å². The summed E-state index contributed by atoms with van der Waals surface area (Å²) in [6.07, 6.45) is 0.581. The SMILES string of the molecule is Cc1ccc2nc(NC(=O)COC(=O)c3ccc(Cl)c(S(=O)(=O)N4CCc5ccccc5C4)c3)sc2c1. The zero-order valence-corrected chi connectivity index (χ0v) is 22.1. The Labute approximate surface area is 222 Å². The van der Waals surface area contributed by atoms with Crippen molar-refractivity contribution in [2.75, 3.05) is 18.5 Å². The van der Waals surface area contributed by atoms with Crippen LogP contribution in [0.1, 0.15) is 27.0 Å². The predicted molar refractivity (Wildman–Crippen MR) is 142 cm³/mol. The lowest BCUT2D eigenvalue weighted by Gasteiger charge is -2.28. The molecule has 0 spiro atoms. The van der Waals surface area contributed by atoms with E-state index >= 15 is 0 Å². The molecule has 11 heteroatoms. The Morgan fingerprint density at radius 1 is 1.11 bits per heavy atom. The minimum absolute atomic E-state index is 0.000718. The van der Waals surface area contributed by atoms with Crippen molar-refractivity contribution >= 4 is 60.2 Å². The molecule has 0 saturated carbocycles. The maximum atomic E-state index is 13.4. The average Bonchev–Trinajstić information content (AvgIpc) is 3.28. The number of carbonyl (C=O) groups excluding carboxylic acids is 2. The molecular formula is C26H22ClN3O5S2. The van der Waals surface area contributed by atoms with Crippen LogP contribution in [0.25, 0.3) is 10.2 Å². The number of nitrogens with one attached hydrogen (secondary N) is 1. The monoisotopic (exact) mass is 555 g/mol. The molecule has 0 atom stereocenters. The predicted octanol–water partition coefficient (Wildman–Crippen LogP) is 4.80. The van der Waals surface area contributed by atoms with Crippen LogP contribution < -0.4 is 5.32 Å². The van der Waals surface area contributed by atoms with Gasteiger partial charge in [0.15, 0.2) is 11.7 Å². The van der Waals surface area contributed by atoms with Gasteiger partial charge < -0.3 is 4.74 Å². The molecule has 190 valence electrons. The minimum atomic E-state index is -3.97. The van der Waals surface area contributed by atoms with Crippen LogP contribution in [0.15, 0.2) is 65.6 Å². The normalized spacial score (nSPS) is 13.8. The Balaban J connectivity index is 1.26. The fourth-order valence-electron chi connectivity index (χ4n) is 4.10. The molecule has 1 aromatic heterocycles. The highest BCUT2D eigenvalue weighted by Crippen LogP contribution is 2.30. The number of aryl methyl sites for hydroxylation is 1. The number of fused-ring (bicyclic) bond motifs is 2. The molecular weight excluding hydrogens is 534 g/mol. The van der Waals surface area contributed by atoms with Crippen molar-refractivity contribution in [2.24, 2.45) is 0 Å². The number of esters is 1. The number of halogens is 1. The van der Waals surface area contributed by atoms with E-state index in [0.717, 1.165) is 26.9 Å². The van der Waals surface area contributed by atoms with Crippen LogP contribution in [-0.2, 0) is 32.5 Å². The summed E-state index contributed by atoms with van der Waals surface area (Å²) < 4.78 is 34.2. The first-order valence-electron chi connectivity index (χ1n) is 11.4. The first-order chi connectivity index (χ1) is 17.7. The Morgan fingerprint density at radius 3 is 2.70 bits per heavy atom. The number of rotatable bonds is 6. The van der Waals surface area contributed by atoms with Crippen molar-refractivity contribution in [3.8, 4) is 0 Å². The quantitative estimate of drug-likeness (QED) is 0.343. The molecule has 0 aliphatic carbocycles. The summed E-state index contributed by atoms with van der Waals surface area (Å²) in [5, 5.41) is 3.01. The number of ether oxygens (including phenoxy) is 1. The molecule has 1 amide bonds. The van der Waals surface area contributed by atoms with Gasteiger partial charge in [-0.05, 0) is 60.4 Å². The van der Waals surface area contributed by atoms with Crippen LogP contribution in [0, 0.1) is 6.92 Å². The van der Waals surface area contributed by atoms with Gasteiger partial charge in [-0.1, -0.05) is 53.3 Å². The number of amides is 1. The molecule has 1 aliphatic rings. The first kappa shape index (κ1) is 25.3. The molecule has 0 bridgehead atoms. The highest BCUT2D eigenvalue weighted by Gasteiger charge is 2.30. The van der Waals surface area contributed by atoms with E-state index in [2.05, 4.69) is 10.3 Å². The topological polar surface area (TPSA) is 106 Å². The maximum Gasteiger partial charge on any atom is 0.338 e. The summed E-state index contributed by atoms with van der Waals surface area (Å²) >= 11 is 7.55. The zero-order valence-electron chi connectivity index (χ0n) is 19.7. The summed E-state index contributed by atoms with van der Waals surface area (Å²) in [6, 6.07) is 17.3. The zero-order chi connectivity index (χ0) is 26.2. The number of thiazole rings is 1. The summed E-state index contributed by atoms with van der Waals surface area (Å²) in [5.74, 6) is -1.40. The van der Waals surface area contributed by atoms with Crippen LogP contribution in [0.2, 0.25) is 5.02 Å². The molecule has 0 saturated heterocycles. The lowest BCUT2D eigenvalue weighted by atomic mass is 10.0. The summed E-state index contributed by atoms with van der Waals surface area (Å²) in [6.45, 7) is 1.93. The molecule has 0 fully saturated rings. The lowest BCUT2D eigenvalue weighted by molar-refractivity contribution is -0.119. The molecule has 4 aromatic rings. The van der Waals surface area contributed by atoms with Crippen LogP contribution in [-0.4, -0.2) is 42.7 Å².